The van der Waals surface area contributed by atoms with Gasteiger partial charge in [0.05, 0.1) is 0 Å². The minimum Gasteiger partial charge on any atom is -0.480 e. The van der Waals surface area contributed by atoms with E-state index in [2.05, 4.69) is 20.1 Å². The maximum absolute atomic E-state index is 13.5. The molecule has 4 heterocycles. The molecule has 0 bridgehead atoms. The lowest BCUT2D eigenvalue weighted by molar-refractivity contribution is -0.139. The average molecular weight is 462 g/mol. The minimum atomic E-state index is -2.60. The number of likely N-dealkylation sites (tertiary alicyclic amines) is 1. The number of carboxylic acid groups (broad SMARTS) is 1. The number of aliphatic carboxylic acids is 1. The number of rotatable bonds is 6. The summed E-state index contributed by atoms with van der Waals surface area (Å²) in [7, 11) is 0. The molecule has 178 valence electrons. The molecule has 1 saturated carbocycles. The van der Waals surface area contributed by atoms with Crippen LogP contribution >= 0.6 is 0 Å². The third kappa shape index (κ3) is 4.56. The Hall–Kier alpha value is -2.66. The predicted molar refractivity (Wildman–Crippen MR) is 117 cm³/mol. The number of anilines is 1. The van der Waals surface area contributed by atoms with Crippen molar-refractivity contribution in [2.45, 2.75) is 50.0 Å². The fourth-order valence-electron chi connectivity index (χ4n) is 5.09. The molecule has 33 heavy (non-hydrogen) atoms. The van der Waals surface area contributed by atoms with E-state index in [0.29, 0.717) is 30.4 Å². The zero-order chi connectivity index (χ0) is 23.2. The molecule has 1 unspecified atom stereocenters. The smallest absolute Gasteiger partial charge is 0.321 e. The molecule has 0 radical (unpaired) electrons. The Balaban J connectivity index is 1.32. The van der Waals surface area contributed by atoms with E-state index in [1.165, 1.54) is 0 Å². The first kappa shape index (κ1) is 22.1. The molecule has 5 rings (SSSR count). The number of nitrogens with zero attached hydrogens (tertiary/aromatic N) is 5. The van der Waals surface area contributed by atoms with Crippen molar-refractivity contribution in [3.63, 3.8) is 0 Å². The summed E-state index contributed by atoms with van der Waals surface area (Å²) in [5, 5.41) is 16.6. The highest BCUT2D eigenvalue weighted by molar-refractivity contribution is 5.73. The van der Waals surface area contributed by atoms with Gasteiger partial charge in [-0.05, 0) is 43.4 Å². The Morgan fingerprint density at radius 1 is 1.18 bits per heavy atom. The molecule has 2 saturated heterocycles. The van der Waals surface area contributed by atoms with E-state index in [0.717, 1.165) is 31.6 Å². The van der Waals surface area contributed by atoms with Crippen molar-refractivity contribution in [2.24, 2.45) is 11.1 Å². The summed E-state index contributed by atoms with van der Waals surface area (Å²) in [5.41, 5.74) is 6.54. The zero-order valence-corrected chi connectivity index (χ0v) is 18.4. The molecule has 9 nitrogen and oxygen atoms in total. The highest BCUT2D eigenvalue weighted by atomic mass is 19.3. The quantitative estimate of drug-likeness (QED) is 0.597. The van der Waals surface area contributed by atoms with Gasteiger partial charge in [-0.15, -0.1) is 0 Å². The first-order chi connectivity index (χ1) is 15.7. The summed E-state index contributed by atoms with van der Waals surface area (Å²) in [4.78, 5) is 24.5. The Morgan fingerprint density at radius 2 is 1.94 bits per heavy atom. The van der Waals surface area contributed by atoms with Crippen molar-refractivity contribution in [3.8, 4) is 11.5 Å². The van der Waals surface area contributed by atoms with Crippen LogP contribution < -0.4 is 10.6 Å². The van der Waals surface area contributed by atoms with Gasteiger partial charge < -0.3 is 20.6 Å². The van der Waals surface area contributed by atoms with E-state index in [1.54, 1.807) is 0 Å². The zero-order valence-electron chi connectivity index (χ0n) is 18.4. The molecule has 1 spiro atoms. The molecule has 1 aliphatic carbocycles. The van der Waals surface area contributed by atoms with Gasteiger partial charge >= 0.3 is 5.97 Å². The number of hydrogen-bond donors (Lipinski definition) is 3. The number of aromatic amines is 1. The van der Waals surface area contributed by atoms with Gasteiger partial charge in [-0.2, -0.15) is 5.10 Å². The van der Waals surface area contributed by atoms with Crippen molar-refractivity contribution >= 4 is 11.8 Å². The lowest BCUT2D eigenvalue weighted by Gasteiger charge is -2.38. The summed E-state index contributed by atoms with van der Waals surface area (Å²) >= 11 is 0. The molecule has 2 atom stereocenters. The van der Waals surface area contributed by atoms with Crippen molar-refractivity contribution in [2.75, 3.05) is 37.6 Å². The van der Waals surface area contributed by atoms with Crippen LogP contribution in [-0.4, -0.2) is 80.8 Å². The fourth-order valence-corrected chi connectivity index (χ4v) is 5.09. The lowest BCUT2D eigenvalue weighted by Crippen LogP contribution is -2.48. The van der Waals surface area contributed by atoms with Gasteiger partial charge in [-0.1, -0.05) is 6.07 Å². The number of aromatic nitrogens is 4. The Bertz CT molecular complexity index is 1020. The van der Waals surface area contributed by atoms with Crippen molar-refractivity contribution in [1.29, 1.82) is 0 Å². The number of pyridine rings is 1. The first-order valence-electron chi connectivity index (χ1n) is 11.5. The molecule has 3 fully saturated rings. The summed E-state index contributed by atoms with van der Waals surface area (Å²) in [6.45, 7) is 2.35. The van der Waals surface area contributed by atoms with E-state index in [-0.39, 0.29) is 37.3 Å². The number of piperidine rings is 2. The average Bonchev–Trinajstić information content (AvgIpc) is 3.38. The summed E-state index contributed by atoms with van der Waals surface area (Å²) < 4.78 is 27.0. The van der Waals surface area contributed by atoms with Crippen LogP contribution in [0.1, 0.15) is 43.8 Å². The van der Waals surface area contributed by atoms with E-state index >= 15 is 0 Å². The predicted octanol–water partition coefficient (Wildman–Crippen LogP) is 2.08. The third-order valence-corrected chi connectivity index (χ3v) is 7.39. The number of nitrogens with one attached hydrogen (secondary N) is 1. The maximum atomic E-state index is 13.5. The maximum Gasteiger partial charge on any atom is 0.321 e. The van der Waals surface area contributed by atoms with Crippen LogP contribution in [0.3, 0.4) is 0 Å². The van der Waals surface area contributed by atoms with Crippen molar-refractivity contribution in [1.82, 2.24) is 25.1 Å². The van der Waals surface area contributed by atoms with E-state index in [1.807, 2.05) is 23.1 Å². The topological polar surface area (TPSA) is 124 Å². The first-order valence-corrected chi connectivity index (χ1v) is 11.5. The molecule has 4 N–H and O–H groups in total. The Labute approximate surface area is 190 Å². The van der Waals surface area contributed by atoms with Gasteiger partial charge in [0.2, 0.25) is 0 Å². The summed E-state index contributed by atoms with van der Waals surface area (Å²) in [6, 6.07) is 4.58. The van der Waals surface area contributed by atoms with E-state index in [9.17, 15) is 13.6 Å². The third-order valence-electron chi connectivity index (χ3n) is 7.39. The van der Waals surface area contributed by atoms with Crippen LogP contribution in [-0.2, 0) is 4.79 Å². The molecule has 0 aromatic carbocycles. The SMILES string of the molecule is N[C@@H](CN1CCC2(CC2)C(c2nc(-c3cccc(N4CCC(F)(F)CC4)n3)n[nH]2)C1)C(=O)O. The van der Waals surface area contributed by atoms with Crippen LogP contribution in [0.15, 0.2) is 18.2 Å². The number of alkyl halides is 2. The van der Waals surface area contributed by atoms with Gasteiger partial charge in [-0.25, -0.2) is 18.7 Å². The van der Waals surface area contributed by atoms with Crippen molar-refractivity contribution in [3.05, 3.63) is 24.0 Å². The van der Waals surface area contributed by atoms with Crippen molar-refractivity contribution < 1.29 is 18.7 Å². The largest absolute Gasteiger partial charge is 0.480 e. The molecule has 0 amide bonds. The number of halogens is 2. The minimum absolute atomic E-state index is 0.126. The molecule has 2 aliphatic heterocycles. The van der Waals surface area contributed by atoms with Gasteiger partial charge in [0, 0.05) is 44.9 Å². The number of carbonyl (C=O) groups is 1. The van der Waals surface area contributed by atoms with E-state index in [4.69, 9.17) is 15.8 Å². The molecule has 2 aromatic rings. The highest BCUT2D eigenvalue weighted by Crippen LogP contribution is 2.60. The standard InChI is InChI=1S/C22H29F2N7O2/c23-22(24)7-10-31(11-8-22)17-3-1-2-16(26-17)19-27-18(28-29-19)14-12-30(13-15(25)20(32)33)9-6-21(14)4-5-21/h1-3,14-15H,4-13,25H2,(H,32,33)(H,27,28,29)/t14?,15-/m0/s1. The summed E-state index contributed by atoms with van der Waals surface area (Å²) in [6.07, 6.45) is 2.89. The fraction of sp³-hybridized carbons (Fsp3) is 0.636. The normalized spacial score (nSPS) is 25.2. The lowest BCUT2D eigenvalue weighted by atomic mass is 9.81. The van der Waals surface area contributed by atoms with Gasteiger partial charge in [0.1, 0.15) is 23.4 Å². The second kappa shape index (κ2) is 8.28. The highest BCUT2D eigenvalue weighted by Gasteiger charge is 2.53. The monoisotopic (exact) mass is 461 g/mol. The number of hydrogen-bond acceptors (Lipinski definition) is 7. The molecular formula is C22H29F2N7O2. The van der Waals surface area contributed by atoms with Crippen LogP contribution in [0.25, 0.3) is 11.5 Å². The van der Waals surface area contributed by atoms with Crippen LogP contribution in [0.4, 0.5) is 14.6 Å². The second-order valence-corrected chi connectivity index (χ2v) is 9.64. The Kier molecular flexibility index (Phi) is 5.56. The van der Waals surface area contributed by atoms with Crippen LogP contribution in [0.5, 0.6) is 0 Å². The number of carboxylic acids is 1. The molecule has 11 heteroatoms. The van der Waals surface area contributed by atoms with E-state index < -0.39 is 17.9 Å². The number of H-pyrrole nitrogens is 1. The molecular weight excluding hydrogens is 432 g/mol. The summed E-state index contributed by atoms with van der Waals surface area (Å²) in [5.74, 6) is -1.57. The molecule has 3 aliphatic rings. The van der Waals surface area contributed by atoms with Gasteiger partial charge in [0.25, 0.3) is 5.92 Å². The second-order valence-electron chi connectivity index (χ2n) is 9.64. The molecule has 2 aromatic heterocycles. The number of nitrogens with two attached hydrogens (primary N) is 1. The van der Waals surface area contributed by atoms with Crippen LogP contribution in [0, 0.1) is 5.41 Å². The van der Waals surface area contributed by atoms with Gasteiger partial charge in [0.15, 0.2) is 5.82 Å². The van der Waals surface area contributed by atoms with Gasteiger partial charge in [-0.3, -0.25) is 9.89 Å². The Morgan fingerprint density at radius 3 is 2.64 bits per heavy atom. The van der Waals surface area contributed by atoms with Crippen LogP contribution in [0.2, 0.25) is 0 Å².